The lowest BCUT2D eigenvalue weighted by molar-refractivity contribution is 0.139. The van der Waals surface area contributed by atoms with Crippen LogP contribution in [0.2, 0.25) is 0 Å². The van der Waals surface area contributed by atoms with Crippen molar-refractivity contribution in [3.63, 3.8) is 0 Å². The van der Waals surface area contributed by atoms with Gasteiger partial charge in [-0.1, -0.05) is 0 Å². The summed E-state index contributed by atoms with van der Waals surface area (Å²) in [4.78, 5) is 8.67. The highest BCUT2D eigenvalue weighted by Crippen LogP contribution is 2.42. The molecular weight excluding hydrogens is 266 g/mol. The molecule has 0 radical (unpaired) electrons. The lowest BCUT2D eigenvalue weighted by Crippen LogP contribution is -2.53. The first kappa shape index (κ1) is 14.3. The van der Waals surface area contributed by atoms with Crippen molar-refractivity contribution >= 4 is 23.7 Å². The Bertz CT molecular complexity index is 391. The summed E-state index contributed by atoms with van der Waals surface area (Å²) in [7, 11) is 0. The second-order valence-corrected chi connectivity index (χ2v) is 6.46. The predicted octanol–water partition coefficient (Wildman–Crippen LogP) is 2.62. The fraction of sp³-hybridized carbons (Fsp3) is 0.769. The number of hydrogen-bond donors (Lipinski definition) is 1. The van der Waals surface area contributed by atoms with Crippen LogP contribution in [0.5, 0.6) is 0 Å². The molecule has 1 saturated carbocycles. The van der Waals surface area contributed by atoms with Crippen molar-refractivity contribution in [1.82, 2.24) is 15.2 Å². The standard InChI is InChI=1S/C13H21N3S.ClH/c1-9-6-16(10(2)5-14-9)7-12-13(11-3-4-11)15-8-17-12;/h8-11,14H,3-7H2,1-2H3;1H. The number of nitrogens with zero attached hydrogens (tertiary/aromatic N) is 2. The smallest absolute Gasteiger partial charge is 0.0798 e. The first-order chi connectivity index (χ1) is 8.24. The van der Waals surface area contributed by atoms with E-state index in [1.165, 1.54) is 23.4 Å². The van der Waals surface area contributed by atoms with E-state index in [0.29, 0.717) is 12.1 Å². The average Bonchev–Trinajstić information content (AvgIpc) is 3.05. The summed E-state index contributed by atoms with van der Waals surface area (Å²) < 4.78 is 0. The van der Waals surface area contributed by atoms with Crippen LogP contribution in [0.3, 0.4) is 0 Å². The minimum Gasteiger partial charge on any atom is -0.311 e. The van der Waals surface area contributed by atoms with E-state index in [1.54, 1.807) is 0 Å². The molecule has 2 heterocycles. The zero-order chi connectivity index (χ0) is 11.8. The Morgan fingerprint density at radius 3 is 2.94 bits per heavy atom. The fourth-order valence-corrected chi connectivity index (χ4v) is 3.46. The third-order valence-corrected chi connectivity index (χ3v) is 4.71. The number of nitrogens with one attached hydrogen (secondary N) is 1. The van der Waals surface area contributed by atoms with Crippen molar-refractivity contribution in [2.45, 2.75) is 51.2 Å². The Hall–Kier alpha value is -0.160. The third-order valence-electron chi connectivity index (χ3n) is 3.88. The van der Waals surface area contributed by atoms with E-state index in [9.17, 15) is 0 Å². The maximum atomic E-state index is 4.56. The summed E-state index contributed by atoms with van der Waals surface area (Å²) in [6.07, 6.45) is 2.70. The Kier molecular flexibility index (Phi) is 4.64. The molecule has 0 bridgehead atoms. The van der Waals surface area contributed by atoms with Gasteiger partial charge < -0.3 is 5.32 Å². The van der Waals surface area contributed by atoms with E-state index >= 15 is 0 Å². The van der Waals surface area contributed by atoms with Gasteiger partial charge in [0.1, 0.15) is 0 Å². The molecule has 3 rings (SSSR count). The molecule has 2 atom stereocenters. The second kappa shape index (κ2) is 5.87. The number of halogens is 1. The molecule has 0 spiro atoms. The van der Waals surface area contributed by atoms with Crippen molar-refractivity contribution in [3.05, 3.63) is 16.1 Å². The Morgan fingerprint density at radius 1 is 1.44 bits per heavy atom. The van der Waals surface area contributed by atoms with Crippen LogP contribution in [-0.2, 0) is 6.54 Å². The summed E-state index contributed by atoms with van der Waals surface area (Å²) in [6, 6.07) is 1.25. The number of hydrogen-bond acceptors (Lipinski definition) is 4. The van der Waals surface area contributed by atoms with Crippen molar-refractivity contribution in [3.8, 4) is 0 Å². The summed E-state index contributed by atoms with van der Waals surface area (Å²) in [5, 5.41) is 3.54. The summed E-state index contributed by atoms with van der Waals surface area (Å²) in [5.41, 5.74) is 3.42. The monoisotopic (exact) mass is 287 g/mol. The van der Waals surface area contributed by atoms with Gasteiger partial charge in [-0.15, -0.1) is 23.7 Å². The molecule has 18 heavy (non-hydrogen) atoms. The van der Waals surface area contributed by atoms with Crippen LogP contribution in [0, 0.1) is 0 Å². The van der Waals surface area contributed by atoms with E-state index in [-0.39, 0.29) is 12.4 Å². The van der Waals surface area contributed by atoms with Gasteiger partial charge in [0.25, 0.3) is 0 Å². The molecule has 1 saturated heterocycles. The summed E-state index contributed by atoms with van der Waals surface area (Å²) in [5.74, 6) is 0.784. The molecule has 0 aromatic carbocycles. The van der Waals surface area contributed by atoms with Crippen molar-refractivity contribution < 1.29 is 0 Å². The molecule has 1 aromatic heterocycles. The van der Waals surface area contributed by atoms with Crippen LogP contribution < -0.4 is 5.32 Å². The van der Waals surface area contributed by atoms with Crippen LogP contribution in [0.15, 0.2) is 5.51 Å². The number of piperazine rings is 1. The average molecular weight is 288 g/mol. The quantitative estimate of drug-likeness (QED) is 0.926. The van der Waals surface area contributed by atoms with Crippen LogP contribution in [-0.4, -0.2) is 35.1 Å². The highest BCUT2D eigenvalue weighted by atomic mass is 35.5. The molecule has 5 heteroatoms. The van der Waals surface area contributed by atoms with E-state index in [1.807, 2.05) is 16.8 Å². The summed E-state index contributed by atoms with van der Waals surface area (Å²) >= 11 is 1.84. The molecule has 0 amide bonds. The topological polar surface area (TPSA) is 28.2 Å². The van der Waals surface area contributed by atoms with Gasteiger partial charge in [-0.05, 0) is 26.7 Å². The first-order valence-corrected chi connectivity index (χ1v) is 7.51. The van der Waals surface area contributed by atoms with Crippen molar-refractivity contribution in [1.29, 1.82) is 0 Å². The molecule has 1 aliphatic heterocycles. The van der Waals surface area contributed by atoms with Gasteiger partial charge in [-0.25, -0.2) is 4.98 Å². The molecule has 1 aromatic rings. The van der Waals surface area contributed by atoms with Gasteiger partial charge in [0, 0.05) is 42.5 Å². The summed E-state index contributed by atoms with van der Waals surface area (Å²) in [6.45, 7) is 7.95. The molecule has 2 aliphatic rings. The van der Waals surface area contributed by atoms with Gasteiger partial charge in [0.2, 0.25) is 0 Å². The zero-order valence-electron chi connectivity index (χ0n) is 11.1. The number of thiazole rings is 1. The van der Waals surface area contributed by atoms with E-state index < -0.39 is 0 Å². The lowest BCUT2D eigenvalue weighted by Gasteiger charge is -2.37. The highest BCUT2D eigenvalue weighted by Gasteiger charge is 2.30. The Morgan fingerprint density at radius 2 is 2.22 bits per heavy atom. The fourth-order valence-electron chi connectivity index (χ4n) is 2.59. The number of aromatic nitrogens is 1. The minimum absolute atomic E-state index is 0. The Balaban J connectivity index is 0.00000120. The SMILES string of the molecule is CC1CN(Cc2scnc2C2CC2)C(C)CN1.Cl. The van der Waals surface area contributed by atoms with Crippen LogP contribution in [0.25, 0.3) is 0 Å². The van der Waals surface area contributed by atoms with Gasteiger partial charge in [0.05, 0.1) is 11.2 Å². The zero-order valence-corrected chi connectivity index (χ0v) is 12.7. The van der Waals surface area contributed by atoms with Gasteiger partial charge >= 0.3 is 0 Å². The molecule has 2 fully saturated rings. The molecule has 1 aliphatic carbocycles. The van der Waals surface area contributed by atoms with Crippen LogP contribution >= 0.6 is 23.7 Å². The van der Waals surface area contributed by atoms with Gasteiger partial charge in [0.15, 0.2) is 0 Å². The van der Waals surface area contributed by atoms with Gasteiger partial charge in [-0.2, -0.15) is 0 Å². The maximum Gasteiger partial charge on any atom is 0.0798 e. The highest BCUT2D eigenvalue weighted by molar-refractivity contribution is 7.09. The Labute approximate surface area is 119 Å². The van der Waals surface area contributed by atoms with Crippen LogP contribution in [0.4, 0.5) is 0 Å². The van der Waals surface area contributed by atoms with Crippen LogP contribution in [0.1, 0.15) is 43.2 Å². The first-order valence-electron chi connectivity index (χ1n) is 6.63. The second-order valence-electron chi connectivity index (χ2n) is 5.52. The van der Waals surface area contributed by atoms with E-state index in [0.717, 1.165) is 25.6 Å². The largest absolute Gasteiger partial charge is 0.311 e. The molecule has 2 unspecified atom stereocenters. The minimum atomic E-state index is 0. The van der Waals surface area contributed by atoms with E-state index in [2.05, 4.69) is 29.0 Å². The molecule has 3 nitrogen and oxygen atoms in total. The lowest BCUT2D eigenvalue weighted by atomic mass is 10.1. The third kappa shape index (κ3) is 3.05. The van der Waals surface area contributed by atoms with Gasteiger partial charge in [-0.3, -0.25) is 4.90 Å². The normalized spacial score (nSPS) is 29.0. The van der Waals surface area contributed by atoms with Crippen molar-refractivity contribution in [2.24, 2.45) is 0 Å². The van der Waals surface area contributed by atoms with E-state index in [4.69, 9.17) is 0 Å². The van der Waals surface area contributed by atoms with Crippen molar-refractivity contribution in [2.75, 3.05) is 13.1 Å². The predicted molar refractivity (Wildman–Crippen MR) is 78.7 cm³/mol. The molecule has 1 N–H and O–H groups in total. The maximum absolute atomic E-state index is 4.56. The molecular formula is C13H22ClN3S. The molecule has 102 valence electrons. The number of rotatable bonds is 3.